The van der Waals surface area contributed by atoms with Gasteiger partial charge >= 0.3 is 0 Å². The number of benzene rings is 2. The van der Waals surface area contributed by atoms with E-state index in [0.29, 0.717) is 28.8 Å². The van der Waals surface area contributed by atoms with Gasteiger partial charge in [-0.05, 0) is 77.0 Å². The highest BCUT2D eigenvalue weighted by molar-refractivity contribution is 8.13. The average molecular weight is 1020 g/mol. The van der Waals surface area contributed by atoms with Gasteiger partial charge in [0.1, 0.15) is 0 Å². The third-order valence-electron chi connectivity index (χ3n) is 5.11. The molecule has 2 aliphatic heterocycles. The van der Waals surface area contributed by atoms with E-state index in [4.69, 9.17) is 30.6 Å². The first kappa shape index (κ1) is 78.3. The molecule has 2 aliphatic rings. The van der Waals surface area contributed by atoms with Gasteiger partial charge in [0, 0.05) is 85.0 Å². The number of hydrogen-bond donors (Lipinski definition) is 10. The second-order valence-electron chi connectivity index (χ2n) is 11.4. The Bertz CT molecular complexity index is 1700. The van der Waals surface area contributed by atoms with Crippen LogP contribution in [0.2, 0.25) is 0 Å². The summed E-state index contributed by atoms with van der Waals surface area (Å²) in [6.45, 7) is 22.6. The van der Waals surface area contributed by atoms with Gasteiger partial charge in [-0.15, -0.1) is 0 Å². The Kier molecular flexibility index (Phi) is 61.6. The van der Waals surface area contributed by atoms with Crippen LogP contribution in [-0.2, 0) is 37.8 Å². The van der Waals surface area contributed by atoms with E-state index in [1.54, 1.807) is 62.4 Å². The van der Waals surface area contributed by atoms with Gasteiger partial charge in [0.05, 0.1) is 28.5 Å². The minimum absolute atomic E-state index is 0.0394. The molecule has 0 fully saturated rings. The number of halogens is 2. The van der Waals surface area contributed by atoms with Crippen molar-refractivity contribution >= 4 is 89.9 Å². The SMILES string of the molecule is CC(=O)Cl.CC(=O)O.CC(=O)O.CCN.CCN1C(=O)c2ccccc2C1=O.CCNC(C)=O.CCNC(C)=O.CCNC(C)=O.CCO.CS(=O)(=O)Cl.NN.O=C1NC(=O)c2ccccc21. The summed E-state index contributed by atoms with van der Waals surface area (Å²) in [5.74, 6) is 5.50. The highest BCUT2D eigenvalue weighted by atomic mass is 35.7. The predicted molar refractivity (Wildman–Crippen MR) is 259 cm³/mol. The molecule has 0 saturated carbocycles. The molecule has 0 spiro atoms. The summed E-state index contributed by atoms with van der Waals surface area (Å²) in [6.07, 6.45) is 0.925. The smallest absolute Gasteiger partial charge is 0.300 e. The number of aliphatic hydroxyl groups is 1. The lowest BCUT2D eigenvalue weighted by atomic mass is 10.1. The van der Waals surface area contributed by atoms with Gasteiger partial charge in [0.2, 0.25) is 32.0 Å². The minimum atomic E-state index is -3.19. The average Bonchev–Trinajstić information content (AvgIpc) is 3.62. The number of imide groups is 2. The van der Waals surface area contributed by atoms with Crippen molar-refractivity contribution in [2.75, 3.05) is 45.6 Å². The van der Waals surface area contributed by atoms with Crippen molar-refractivity contribution in [1.82, 2.24) is 26.2 Å². The van der Waals surface area contributed by atoms with Crippen LogP contribution in [-0.4, -0.2) is 133 Å². The number of carbonyl (C=O) groups excluding carboxylic acids is 8. The quantitative estimate of drug-likeness (QED) is 0.0908. The first-order valence-electron chi connectivity index (χ1n) is 19.6. The number of rotatable bonds is 4. The van der Waals surface area contributed by atoms with Crippen LogP contribution in [0.4, 0.5) is 0 Å². The Morgan fingerprint density at radius 1 is 0.612 bits per heavy atom. The largest absolute Gasteiger partial charge is 0.481 e. The highest BCUT2D eigenvalue weighted by Gasteiger charge is 2.33. The number of carboxylic acid groups (broad SMARTS) is 2. The molecule has 2 aromatic rings. The monoisotopic (exact) mass is 1020 g/mol. The van der Waals surface area contributed by atoms with Gasteiger partial charge in [-0.1, -0.05) is 31.2 Å². The summed E-state index contributed by atoms with van der Waals surface area (Å²) in [4.78, 5) is 103. The van der Waals surface area contributed by atoms with E-state index in [2.05, 4.69) is 55.2 Å². The van der Waals surface area contributed by atoms with Crippen LogP contribution in [0.1, 0.15) is 125 Å². The zero-order chi connectivity index (χ0) is 54.9. The van der Waals surface area contributed by atoms with Crippen molar-refractivity contribution in [2.45, 2.75) is 83.1 Å². The van der Waals surface area contributed by atoms with Gasteiger partial charge in [-0.3, -0.25) is 69.8 Å². The van der Waals surface area contributed by atoms with Gasteiger partial charge in [0.15, 0.2) is 0 Å². The Morgan fingerprint density at radius 2 is 0.791 bits per heavy atom. The number of nitrogens with zero attached hydrogens (tertiary/aromatic N) is 1. The molecule has 26 heteroatoms. The summed E-state index contributed by atoms with van der Waals surface area (Å²) in [7, 11) is 1.31. The van der Waals surface area contributed by atoms with E-state index in [-0.39, 0.29) is 53.2 Å². The number of hydrogen-bond acceptors (Lipinski definition) is 16. The molecule has 0 saturated heterocycles. The van der Waals surface area contributed by atoms with Crippen molar-refractivity contribution in [3.05, 3.63) is 70.8 Å². The van der Waals surface area contributed by atoms with Crippen molar-refractivity contribution in [3.8, 4) is 0 Å². The van der Waals surface area contributed by atoms with E-state index in [1.807, 2.05) is 27.7 Å². The van der Waals surface area contributed by atoms with E-state index >= 15 is 0 Å². The molecule has 0 unspecified atom stereocenters. The Balaban J connectivity index is -0.0000000988. The van der Waals surface area contributed by atoms with Gasteiger partial charge in [0.25, 0.3) is 35.6 Å². The molecule has 2 heterocycles. The van der Waals surface area contributed by atoms with Crippen LogP contribution in [0, 0.1) is 0 Å². The lowest BCUT2D eigenvalue weighted by molar-refractivity contribution is -0.135. The van der Waals surface area contributed by atoms with Crippen LogP contribution < -0.4 is 38.7 Å². The standard InChI is InChI=1S/C10H9NO2.C8H5NO2.3C4H9NO.C2H3ClO.C2H7N.2C2H4O2.C2H6O.CH3ClO2S.H4N2/c1-2-11-9(12)7-5-3-4-6-8(7)10(11)13;10-7-5-3-1-2-4-6(5)8(11)9-7;3*1-3-5-4(2)6;1-2(3)4;1-2-3;2*1-2(3)4;1-2-3;1-5(2,3)4;1-2/h3-6H,2H2,1H3;1-4H,(H,9,10,11);3*3H2,1-2H3,(H,5,6);1H3;2-3H2,1H3;2*1H3,(H,3,4);3H,2H2,1H3;1H3;1-2H2. The Labute approximate surface area is 403 Å². The number of nitrogens with two attached hydrogens (primary N) is 3. The number of nitrogens with one attached hydrogen (secondary N) is 4. The first-order valence-corrected chi connectivity index (χ1v) is 22.7. The normalized spacial score (nSPS) is 9.99. The molecular formula is C41H72Cl2N8O15S. The maximum Gasteiger partial charge on any atom is 0.300 e. The van der Waals surface area contributed by atoms with E-state index in [1.165, 1.54) is 32.6 Å². The fourth-order valence-electron chi connectivity index (χ4n) is 3.39. The summed E-state index contributed by atoms with van der Waals surface area (Å²) in [6, 6.07) is 13.6. The molecule has 0 aliphatic carbocycles. The second-order valence-corrected chi connectivity index (χ2v) is 15.0. The molecule has 0 radical (unpaired) electrons. The summed E-state index contributed by atoms with van der Waals surface area (Å²) in [5, 5.41) is 32.0. The van der Waals surface area contributed by atoms with Crippen molar-refractivity contribution in [2.24, 2.45) is 17.4 Å². The third kappa shape index (κ3) is 66.8. The Morgan fingerprint density at radius 3 is 0.925 bits per heavy atom. The van der Waals surface area contributed by atoms with Crippen LogP contribution in [0.25, 0.3) is 0 Å². The first-order chi connectivity index (χ1) is 30.9. The molecule has 67 heavy (non-hydrogen) atoms. The van der Waals surface area contributed by atoms with Crippen molar-refractivity contribution in [1.29, 1.82) is 0 Å². The highest BCUT2D eigenvalue weighted by Crippen LogP contribution is 2.21. The zero-order valence-corrected chi connectivity index (χ0v) is 42.8. The van der Waals surface area contributed by atoms with Crippen LogP contribution >= 0.6 is 22.3 Å². The minimum Gasteiger partial charge on any atom is -0.481 e. The molecule has 0 atom stereocenters. The van der Waals surface area contributed by atoms with E-state index in [9.17, 15) is 46.8 Å². The number of aliphatic hydroxyl groups excluding tert-OH is 1. The fourth-order valence-corrected chi connectivity index (χ4v) is 3.39. The predicted octanol–water partition coefficient (Wildman–Crippen LogP) is 2.22. The van der Waals surface area contributed by atoms with E-state index in [0.717, 1.165) is 46.3 Å². The molecular weight excluding hydrogens is 947 g/mol. The molecule has 2 aromatic carbocycles. The maximum atomic E-state index is 11.5. The van der Waals surface area contributed by atoms with E-state index < -0.39 is 21.0 Å². The van der Waals surface area contributed by atoms with Gasteiger partial charge in [-0.25, -0.2) is 8.42 Å². The topological polar surface area (TPSA) is 395 Å². The molecule has 7 amide bonds. The van der Waals surface area contributed by atoms with Gasteiger partial charge in [-0.2, -0.15) is 0 Å². The number of amides is 7. The molecule has 0 bridgehead atoms. The summed E-state index contributed by atoms with van der Waals surface area (Å²) >= 11 is 4.64. The summed E-state index contributed by atoms with van der Waals surface area (Å²) < 4.78 is 18.8. The number of carboxylic acids is 2. The number of carbonyl (C=O) groups is 10. The maximum absolute atomic E-state index is 11.5. The Hall–Kier alpha value is -5.89. The van der Waals surface area contributed by atoms with Crippen molar-refractivity contribution in [3.63, 3.8) is 0 Å². The molecule has 0 aromatic heterocycles. The number of fused-ring (bicyclic) bond motifs is 2. The summed E-state index contributed by atoms with van der Waals surface area (Å²) in [5.41, 5.74) is 6.83. The second kappa shape index (κ2) is 52.7. The molecule has 386 valence electrons. The molecule has 23 nitrogen and oxygen atoms in total. The van der Waals surface area contributed by atoms with Crippen LogP contribution in [0.5, 0.6) is 0 Å². The third-order valence-corrected chi connectivity index (χ3v) is 5.11. The van der Waals surface area contributed by atoms with Crippen LogP contribution in [0.3, 0.4) is 0 Å². The molecule has 13 N–H and O–H groups in total. The van der Waals surface area contributed by atoms with Gasteiger partial charge < -0.3 is 37.0 Å². The van der Waals surface area contributed by atoms with Crippen LogP contribution in [0.15, 0.2) is 48.5 Å². The fraction of sp³-hybridized carbons (Fsp3) is 0.463. The lowest BCUT2D eigenvalue weighted by Crippen LogP contribution is -2.29. The number of aliphatic carboxylic acids is 2. The molecule has 4 rings (SSSR count). The van der Waals surface area contributed by atoms with Crippen molar-refractivity contribution < 1.29 is 71.7 Å². The lowest BCUT2D eigenvalue weighted by Gasteiger charge is -2.08. The zero-order valence-electron chi connectivity index (χ0n) is 40.4. The number of hydrazine groups is 1.